The van der Waals surface area contributed by atoms with E-state index in [2.05, 4.69) is 26.9 Å². The van der Waals surface area contributed by atoms with Crippen LogP contribution in [0, 0.1) is 0 Å². The fourth-order valence-corrected chi connectivity index (χ4v) is 7.58. The Morgan fingerprint density at radius 2 is 1.60 bits per heavy atom. The van der Waals surface area contributed by atoms with Crippen LogP contribution < -0.4 is 9.47 Å². The smallest absolute Gasteiger partial charge is 0.254 e. The van der Waals surface area contributed by atoms with E-state index in [1.807, 2.05) is 41.3 Å². The summed E-state index contributed by atoms with van der Waals surface area (Å²) in [5.41, 5.74) is 1.77. The molecule has 0 atom stereocenters. The predicted octanol–water partition coefficient (Wildman–Crippen LogP) is 4.22. The summed E-state index contributed by atoms with van der Waals surface area (Å²) >= 11 is 0. The van der Waals surface area contributed by atoms with Crippen molar-refractivity contribution in [3.8, 4) is 11.5 Å². The van der Waals surface area contributed by atoms with Crippen molar-refractivity contribution in [1.29, 1.82) is 0 Å². The second-order valence-electron chi connectivity index (χ2n) is 11.4. The van der Waals surface area contributed by atoms with Crippen LogP contribution in [0.15, 0.2) is 88.9 Å². The molecular weight excluding hydrogens is 564 g/mol. The van der Waals surface area contributed by atoms with Crippen molar-refractivity contribution in [3.63, 3.8) is 0 Å². The Balaban J connectivity index is 0.906. The molecule has 43 heavy (non-hydrogen) atoms. The Morgan fingerprint density at radius 1 is 0.837 bits per heavy atom. The number of carbonyl (C=O) groups is 1. The number of ether oxygens (including phenoxy) is 2. The Bertz CT molecular complexity index is 1740. The molecule has 9 nitrogen and oxygen atoms in total. The average molecular weight is 599 g/mol. The maximum Gasteiger partial charge on any atom is 0.254 e. The molecule has 1 amide bonds. The second kappa shape index (κ2) is 11.6. The lowest BCUT2D eigenvalue weighted by Gasteiger charge is -2.42. The van der Waals surface area contributed by atoms with Gasteiger partial charge >= 0.3 is 0 Å². The van der Waals surface area contributed by atoms with Crippen molar-refractivity contribution in [2.24, 2.45) is 0 Å². The van der Waals surface area contributed by atoms with E-state index in [0.717, 1.165) is 80.6 Å². The van der Waals surface area contributed by atoms with Crippen molar-refractivity contribution >= 4 is 26.5 Å². The molecule has 1 aromatic heterocycles. The highest BCUT2D eigenvalue weighted by atomic mass is 32.2. The Hall–Kier alpha value is -3.99. The summed E-state index contributed by atoms with van der Waals surface area (Å²) in [7, 11) is -3.76. The number of aromatic nitrogens is 1. The molecular formula is C33H34N4O5S. The number of hydrogen-bond acceptors (Lipinski definition) is 8. The van der Waals surface area contributed by atoms with E-state index in [-0.39, 0.29) is 22.6 Å². The molecule has 2 saturated heterocycles. The van der Waals surface area contributed by atoms with Crippen molar-refractivity contribution in [3.05, 3.63) is 90.1 Å². The Morgan fingerprint density at radius 3 is 2.40 bits per heavy atom. The number of amides is 1. The summed E-state index contributed by atoms with van der Waals surface area (Å²) in [4.78, 5) is 24.8. The fraction of sp³-hybridized carbons (Fsp3) is 0.333. The van der Waals surface area contributed by atoms with Gasteiger partial charge in [0.15, 0.2) is 16.5 Å². The first-order valence-corrected chi connectivity index (χ1v) is 16.3. The van der Waals surface area contributed by atoms with Crippen molar-refractivity contribution in [2.75, 3.05) is 46.1 Å². The molecule has 0 N–H and O–H groups in total. The maximum atomic E-state index is 13.4. The Labute approximate surface area is 251 Å². The number of piperidine rings is 1. The van der Waals surface area contributed by atoms with Crippen LogP contribution in [0.3, 0.4) is 0 Å². The minimum atomic E-state index is -3.76. The molecule has 3 aromatic carbocycles. The third-order valence-electron chi connectivity index (χ3n) is 8.83. The van der Waals surface area contributed by atoms with E-state index in [1.54, 1.807) is 18.3 Å². The average Bonchev–Trinajstić information content (AvgIpc) is 3.53. The summed E-state index contributed by atoms with van der Waals surface area (Å²) in [6, 6.07) is 22.6. The zero-order valence-corrected chi connectivity index (χ0v) is 24.7. The van der Waals surface area contributed by atoms with Crippen molar-refractivity contribution < 1.29 is 22.7 Å². The standard InChI is InChI=1S/C33H34N4O5S/c38-33(29-7-3-5-25-4-1-2-6-28(25)29)37-14-12-26(13-15-37)36-18-16-35(17-19-36)22-24-8-11-32(34-21-24)43(39,40)27-9-10-30-31(20-27)42-23-41-30/h1-11,20-21,26H,12-19,22-23H2. The van der Waals surface area contributed by atoms with Crippen LogP contribution in [-0.2, 0) is 16.4 Å². The van der Waals surface area contributed by atoms with E-state index in [0.29, 0.717) is 17.5 Å². The third kappa shape index (κ3) is 5.58. The Kier molecular flexibility index (Phi) is 7.50. The maximum absolute atomic E-state index is 13.4. The topological polar surface area (TPSA) is 92.3 Å². The molecule has 222 valence electrons. The summed E-state index contributed by atoms with van der Waals surface area (Å²) in [6.07, 6.45) is 3.63. The number of pyridine rings is 1. The highest BCUT2D eigenvalue weighted by Gasteiger charge is 2.30. The summed E-state index contributed by atoms with van der Waals surface area (Å²) < 4.78 is 36.8. The number of sulfone groups is 1. The summed E-state index contributed by atoms with van der Waals surface area (Å²) in [5, 5.41) is 2.13. The summed E-state index contributed by atoms with van der Waals surface area (Å²) in [5.74, 6) is 1.10. The molecule has 10 heteroatoms. The molecule has 3 aliphatic rings. The number of benzene rings is 3. The quantitative estimate of drug-likeness (QED) is 0.326. The van der Waals surface area contributed by atoms with Gasteiger partial charge in [0, 0.05) is 69.7 Å². The molecule has 0 radical (unpaired) electrons. The van der Waals surface area contributed by atoms with Crippen LogP contribution in [0.1, 0.15) is 28.8 Å². The number of fused-ring (bicyclic) bond motifs is 2. The lowest BCUT2D eigenvalue weighted by Crippen LogP contribution is -2.53. The van der Waals surface area contributed by atoms with Gasteiger partial charge in [-0.25, -0.2) is 13.4 Å². The predicted molar refractivity (Wildman–Crippen MR) is 162 cm³/mol. The normalized spacial score (nSPS) is 18.3. The highest BCUT2D eigenvalue weighted by molar-refractivity contribution is 7.91. The second-order valence-corrected chi connectivity index (χ2v) is 13.3. The lowest BCUT2D eigenvalue weighted by molar-refractivity contribution is 0.0469. The fourth-order valence-electron chi connectivity index (χ4n) is 6.39. The van der Waals surface area contributed by atoms with Gasteiger partial charge in [-0.2, -0.15) is 0 Å². The van der Waals surface area contributed by atoms with Gasteiger partial charge in [-0.05, 0) is 53.4 Å². The number of likely N-dealkylation sites (tertiary alicyclic amines) is 1. The van der Waals surface area contributed by atoms with Gasteiger partial charge < -0.3 is 14.4 Å². The minimum Gasteiger partial charge on any atom is -0.454 e. The minimum absolute atomic E-state index is 0.0187. The van der Waals surface area contributed by atoms with E-state index >= 15 is 0 Å². The number of rotatable bonds is 6. The van der Waals surface area contributed by atoms with Gasteiger partial charge in [-0.1, -0.05) is 42.5 Å². The molecule has 4 heterocycles. The summed E-state index contributed by atoms with van der Waals surface area (Å²) in [6.45, 7) is 6.20. The molecule has 2 fully saturated rings. The number of nitrogens with zero attached hydrogens (tertiary/aromatic N) is 4. The lowest BCUT2D eigenvalue weighted by atomic mass is 9.99. The van der Waals surface area contributed by atoms with Crippen LogP contribution in [0.5, 0.6) is 11.5 Å². The van der Waals surface area contributed by atoms with E-state index in [1.165, 1.54) is 12.1 Å². The first kappa shape index (κ1) is 27.8. The molecule has 0 spiro atoms. The first-order valence-electron chi connectivity index (χ1n) is 14.8. The monoisotopic (exact) mass is 598 g/mol. The number of carbonyl (C=O) groups excluding carboxylic acids is 1. The molecule has 0 saturated carbocycles. The largest absolute Gasteiger partial charge is 0.454 e. The van der Waals surface area contributed by atoms with Crippen LogP contribution in [0.2, 0.25) is 0 Å². The molecule has 3 aliphatic heterocycles. The third-order valence-corrected chi connectivity index (χ3v) is 10.5. The molecule has 7 rings (SSSR count). The van der Waals surface area contributed by atoms with Crippen LogP contribution in [0.4, 0.5) is 0 Å². The first-order chi connectivity index (χ1) is 21.0. The van der Waals surface area contributed by atoms with E-state index in [9.17, 15) is 13.2 Å². The molecule has 4 aromatic rings. The van der Waals surface area contributed by atoms with Crippen LogP contribution in [0.25, 0.3) is 10.8 Å². The zero-order chi connectivity index (χ0) is 29.4. The molecule has 0 aliphatic carbocycles. The van der Waals surface area contributed by atoms with Gasteiger partial charge in [-0.3, -0.25) is 14.6 Å². The number of piperazine rings is 1. The van der Waals surface area contributed by atoms with Crippen LogP contribution >= 0.6 is 0 Å². The molecule has 0 bridgehead atoms. The van der Waals surface area contributed by atoms with Gasteiger partial charge in [0.25, 0.3) is 5.91 Å². The zero-order valence-electron chi connectivity index (χ0n) is 23.9. The van der Waals surface area contributed by atoms with E-state index in [4.69, 9.17) is 9.47 Å². The van der Waals surface area contributed by atoms with E-state index < -0.39 is 9.84 Å². The highest BCUT2D eigenvalue weighted by Crippen LogP contribution is 2.35. The van der Waals surface area contributed by atoms with Gasteiger partial charge in [0.05, 0.1) is 4.90 Å². The van der Waals surface area contributed by atoms with Crippen molar-refractivity contribution in [1.82, 2.24) is 19.7 Å². The van der Waals surface area contributed by atoms with Crippen molar-refractivity contribution in [2.45, 2.75) is 35.3 Å². The molecule has 0 unspecified atom stereocenters. The number of hydrogen-bond donors (Lipinski definition) is 0. The van der Waals surface area contributed by atoms with Gasteiger partial charge in [0.1, 0.15) is 0 Å². The van der Waals surface area contributed by atoms with Gasteiger partial charge in [0.2, 0.25) is 16.6 Å². The van der Waals surface area contributed by atoms with Gasteiger partial charge in [-0.15, -0.1) is 0 Å². The SMILES string of the molecule is O=C(c1cccc2ccccc12)N1CCC(N2CCN(Cc3ccc(S(=O)(=O)c4ccc5c(c4)OCO5)nc3)CC2)CC1. The van der Waals surface area contributed by atoms with Crippen LogP contribution in [-0.4, -0.2) is 86.1 Å².